The minimum atomic E-state index is 0. The van der Waals surface area contributed by atoms with Crippen molar-refractivity contribution < 1.29 is 14.2 Å². The Balaban J connectivity index is 0.00000450. The Hall–Kier alpha value is -1.84. The number of benzene rings is 2. The largest absolute Gasteiger partial charge is 0.492 e. The molecule has 7 heteroatoms. The van der Waals surface area contributed by atoms with Crippen LogP contribution in [0.1, 0.15) is 18.1 Å². The van der Waals surface area contributed by atoms with Crippen LogP contribution in [0.2, 0.25) is 0 Å². The van der Waals surface area contributed by atoms with E-state index in [0.29, 0.717) is 33.0 Å². The van der Waals surface area contributed by atoms with Crippen LogP contribution in [0.15, 0.2) is 59.6 Å². The van der Waals surface area contributed by atoms with Gasteiger partial charge in [0.15, 0.2) is 5.96 Å². The molecule has 30 heavy (non-hydrogen) atoms. The number of guanidine groups is 1. The van der Waals surface area contributed by atoms with Crippen LogP contribution in [0.4, 0.5) is 0 Å². The smallest absolute Gasteiger partial charge is 0.193 e. The molecule has 0 bridgehead atoms. The summed E-state index contributed by atoms with van der Waals surface area (Å²) in [7, 11) is 3.80. The molecule has 0 fully saturated rings. The third-order valence-electron chi connectivity index (χ3n) is 4.30. The fraction of sp³-hybridized carbons (Fsp3) is 0.435. The highest BCUT2D eigenvalue weighted by atomic mass is 127. The van der Waals surface area contributed by atoms with Gasteiger partial charge in [-0.25, -0.2) is 0 Å². The normalized spacial score (nSPS) is 11.0. The molecule has 6 nitrogen and oxygen atoms in total. The lowest BCUT2D eigenvalue weighted by molar-refractivity contribution is 0.0453. The van der Waals surface area contributed by atoms with E-state index in [4.69, 9.17) is 14.2 Å². The van der Waals surface area contributed by atoms with Gasteiger partial charge in [0, 0.05) is 27.2 Å². The van der Waals surface area contributed by atoms with Gasteiger partial charge in [-0.3, -0.25) is 4.99 Å². The van der Waals surface area contributed by atoms with Crippen molar-refractivity contribution in [1.82, 2.24) is 10.2 Å². The van der Waals surface area contributed by atoms with Crippen LogP contribution in [0.5, 0.6) is 5.75 Å². The van der Waals surface area contributed by atoms with Crippen LogP contribution in [0.25, 0.3) is 0 Å². The molecule has 0 spiro atoms. The van der Waals surface area contributed by atoms with Crippen molar-refractivity contribution in [2.45, 2.75) is 20.1 Å². The van der Waals surface area contributed by atoms with Gasteiger partial charge in [0.1, 0.15) is 12.4 Å². The number of likely N-dealkylation sites (N-methyl/N-ethyl adjacent to an activating group) is 1. The van der Waals surface area contributed by atoms with Crippen molar-refractivity contribution >= 4 is 29.9 Å². The molecule has 0 atom stereocenters. The standard InChI is InChI=1S/C23H33N3O3.HI/c1-4-27-15-16-28-19-21-10-8-9-20(17-21)18-25-23(24-2)26(3)13-14-29-22-11-6-5-7-12-22;/h5-12,17H,4,13-16,18-19H2,1-3H3,(H,24,25);1H. The number of halogens is 1. The molecule has 0 radical (unpaired) electrons. The van der Waals surface area contributed by atoms with E-state index >= 15 is 0 Å². The molecule has 0 unspecified atom stereocenters. The molecule has 2 aromatic carbocycles. The van der Waals surface area contributed by atoms with Crippen LogP contribution in [-0.2, 0) is 22.6 Å². The summed E-state index contributed by atoms with van der Waals surface area (Å²) >= 11 is 0. The Morgan fingerprint density at radius 3 is 2.43 bits per heavy atom. The summed E-state index contributed by atoms with van der Waals surface area (Å²) in [6, 6.07) is 18.2. The second-order valence-corrected chi connectivity index (χ2v) is 6.55. The molecule has 166 valence electrons. The highest BCUT2D eigenvalue weighted by Gasteiger charge is 2.06. The van der Waals surface area contributed by atoms with E-state index in [1.165, 1.54) is 5.56 Å². The van der Waals surface area contributed by atoms with Gasteiger partial charge < -0.3 is 24.4 Å². The molecule has 0 aliphatic rings. The van der Waals surface area contributed by atoms with Crippen molar-refractivity contribution in [3.8, 4) is 5.75 Å². The molecule has 2 rings (SSSR count). The molecule has 2 aromatic rings. The van der Waals surface area contributed by atoms with Gasteiger partial charge in [-0.05, 0) is 30.2 Å². The van der Waals surface area contributed by atoms with Crippen molar-refractivity contribution in [1.29, 1.82) is 0 Å². The van der Waals surface area contributed by atoms with Crippen LogP contribution < -0.4 is 10.1 Å². The third-order valence-corrected chi connectivity index (χ3v) is 4.30. The molecule has 0 saturated heterocycles. The van der Waals surface area contributed by atoms with Crippen molar-refractivity contribution in [3.05, 3.63) is 65.7 Å². The number of ether oxygens (including phenoxy) is 3. The van der Waals surface area contributed by atoms with E-state index in [1.54, 1.807) is 7.05 Å². The number of nitrogens with one attached hydrogen (secondary N) is 1. The highest BCUT2D eigenvalue weighted by Crippen LogP contribution is 2.08. The first-order chi connectivity index (χ1) is 14.2. The Kier molecular flexibility index (Phi) is 13.9. The molecule has 0 aliphatic carbocycles. The van der Waals surface area contributed by atoms with E-state index in [2.05, 4.69) is 39.5 Å². The van der Waals surface area contributed by atoms with Crippen molar-refractivity contribution in [2.24, 2.45) is 4.99 Å². The number of para-hydroxylation sites is 1. The molecule has 1 N–H and O–H groups in total. The Morgan fingerprint density at radius 1 is 0.967 bits per heavy atom. The lowest BCUT2D eigenvalue weighted by Gasteiger charge is -2.22. The summed E-state index contributed by atoms with van der Waals surface area (Å²) in [4.78, 5) is 6.43. The van der Waals surface area contributed by atoms with Gasteiger partial charge in [-0.1, -0.05) is 42.5 Å². The van der Waals surface area contributed by atoms with Crippen molar-refractivity contribution in [2.75, 3.05) is 47.1 Å². The molecular weight excluding hydrogens is 493 g/mol. The summed E-state index contributed by atoms with van der Waals surface area (Å²) in [6.45, 7) is 6.57. The van der Waals surface area contributed by atoms with E-state index in [-0.39, 0.29) is 24.0 Å². The maximum atomic E-state index is 5.76. The van der Waals surface area contributed by atoms with Gasteiger partial charge >= 0.3 is 0 Å². The number of aliphatic imine (C=N–C) groups is 1. The monoisotopic (exact) mass is 527 g/mol. The van der Waals surface area contributed by atoms with Crippen LogP contribution in [0, 0.1) is 0 Å². The lowest BCUT2D eigenvalue weighted by atomic mass is 10.1. The summed E-state index contributed by atoms with van der Waals surface area (Å²) in [6.07, 6.45) is 0. The average Bonchev–Trinajstić information content (AvgIpc) is 2.75. The number of rotatable bonds is 12. The first kappa shape index (κ1) is 26.2. The highest BCUT2D eigenvalue weighted by molar-refractivity contribution is 14.0. The molecule has 0 amide bonds. The quantitative estimate of drug-likeness (QED) is 0.196. The Morgan fingerprint density at radius 2 is 1.70 bits per heavy atom. The number of hydrogen-bond donors (Lipinski definition) is 1. The number of hydrogen-bond acceptors (Lipinski definition) is 4. The van der Waals surface area contributed by atoms with E-state index in [1.807, 2.05) is 44.3 Å². The summed E-state index contributed by atoms with van der Waals surface area (Å²) in [5, 5.41) is 3.40. The zero-order chi connectivity index (χ0) is 20.7. The Labute approximate surface area is 197 Å². The molecule has 0 saturated carbocycles. The predicted octanol–water partition coefficient (Wildman–Crippen LogP) is 3.94. The minimum absolute atomic E-state index is 0. The second-order valence-electron chi connectivity index (χ2n) is 6.55. The van der Waals surface area contributed by atoms with E-state index < -0.39 is 0 Å². The average molecular weight is 527 g/mol. The fourth-order valence-corrected chi connectivity index (χ4v) is 2.77. The summed E-state index contributed by atoms with van der Waals surface area (Å²) in [5.41, 5.74) is 2.34. The van der Waals surface area contributed by atoms with E-state index in [9.17, 15) is 0 Å². The first-order valence-electron chi connectivity index (χ1n) is 10.1. The third kappa shape index (κ3) is 10.3. The van der Waals surface area contributed by atoms with Gasteiger partial charge in [0.2, 0.25) is 0 Å². The fourth-order valence-electron chi connectivity index (χ4n) is 2.77. The van der Waals surface area contributed by atoms with E-state index in [0.717, 1.165) is 30.4 Å². The van der Waals surface area contributed by atoms with Gasteiger partial charge in [-0.2, -0.15) is 0 Å². The predicted molar refractivity (Wildman–Crippen MR) is 133 cm³/mol. The van der Waals surface area contributed by atoms with Crippen LogP contribution in [0.3, 0.4) is 0 Å². The molecule has 0 heterocycles. The second kappa shape index (κ2) is 15.9. The summed E-state index contributed by atoms with van der Waals surface area (Å²) in [5.74, 6) is 1.71. The first-order valence-corrected chi connectivity index (χ1v) is 10.1. The van der Waals surface area contributed by atoms with Crippen molar-refractivity contribution in [3.63, 3.8) is 0 Å². The maximum absolute atomic E-state index is 5.76. The molecule has 0 aromatic heterocycles. The van der Waals surface area contributed by atoms with Gasteiger partial charge in [0.05, 0.1) is 26.4 Å². The number of nitrogens with zero attached hydrogens (tertiary/aromatic N) is 2. The zero-order valence-electron chi connectivity index (χ0n) is 18.2. The Bertz CT molecular complexity index is 729. The summed E-state index contributed by atoms with van der Waals surface area (Å²) < 4.78 is 16.7. The van der Waals surface area contributed by atoms with Gasteiger partial charge in [0.25, 0.3) is 0 Å². The topological polar surface area (TPSA) is 55.3 Å². The SMILES string of the molecule is CCOCCOCc1cccc(CNC(=NC)N(C)CCOc2ccccc2)c1.I. The zero-order valence-corrected chi connectivity index (χ0v) is 20.5. The minimum Gasteiger partial charge on any atom is -0.492 e. The maximum Gasteiger partial charge on any atom is 0.193 e. The molecular formula is C23H34IN3O3. The van der Waals surface area contributed by atoms with Crippen LogP contribution >= 0.6 is 24.0 Å². The van der Waals surface area contributed by atoms with Gasteiger partial charge in [-0.15, -0.1) is 24.0 Å². The van der Waals surface area contributed by atoms with Crippen LogP contribution in [-0.4, -0.2) is 57.9 Å². The lowest BCUT2D eigenvalue weighted by Crippen LogP contribution is -2.40. The molecule has 0 aliphatic heterocycles.